The molecule has 8 rings (SSSR count). The van der Waals surface area contributed by atoms with Crippen LogP contribution in [0.15, 0.2) is 180 Å². The lowest BCUT2D eigenvalue weighted by molar-refractivity contribution is 0.669. The van der Waals surface area contributed by atoms with Gasteiger partial charge in [0.2, 0.25) is 0 Å². The van der Waals surface area contributed by atoms with Gasteiger partial charge in [0.15, 0.2) is 5.58 Å². The van der Waals surface area contributed by atoms with Gasteiger partial charge in [0, 0.05) is 22.1 Å². The van der Waals surface area contributed by atoms with Crippen molar-refractivity contribution in [1.29, 1.82) is 0 Å². The van der Waals surface area contributed by atoms with Crippen LogP contribution in [0, 0.1) is 0 Å². The zero-order chi connectivity index (χ0) is 29.3. The molecule has 0 amide bonds. The van der Waals surface area contributed by atoms with Crippen LogP contribution >= 0.6 is 0 Å². The van der Waals surface area contributed by atoms with Crippen molar-refractivity contribution in [3.8, 4) is 33.4 Å². The molecule has 0 aliphatic rings. The van der Waals surface area contributed by atoms with Crippen LogP contribution in [0.25, 0.3) is 55.3 Å². The van der Waals surface area contributed by atoms with E-state index >= 15 is 0 Å². The summed E-state index contributed by atoms with van der Waals surface area (Å²) in [4.78, 5) is 2.28. The van der Waals surface area contributed by atoms with E-state index in [0.717, 1.165) is 39.0 Å². The van der Waals surface area contributed by atoms with Crippen LogP contribution in [0.4, 0.5) is 17.1 Å². The van der Waals surface area contributed by atoms with Gasteiger partial charge in [0.25, 0.3) is 0 Å². The third-order valence-corrected chi connectivity index (χ3v) is 8.24. The van der Waals surface area contributed by atoms with E-state index in [9.17, 15) is 0 Å². The third kappa shape index (κ3) is 4.73. The molecule has 0 unspecified atom stereocenters. The van der Waals surface area contributed by atoms with E-state index in [4.69, 9.17) is 4.42 Å². The highest BCUT2D eigenvalue weighted by Crippen LogP contribution is 2.42. The summed E-state index contributed by atoms with van der Waals surface area (Å²) in [5.74, 6) is 0. The Morgan fingerprint density at radius 2 is 0.818 bits per heavy atom. The van der Waals surface area contributed by atoms with Crippen LogP contribution in [0.2, 0.25) is 0 Å². The number of fused-ring (bicyclic) bond motifs is 3. The van der Waals surface area contributed by atoms with Crippen molar-refractivity contribution in [2.24, 2.45) is 0 Å². The number of nitrogens with zero attached hydrogens (tertiary/aromatic N) is 1. The second kappa shape index (κ2) is 11.1. The second-order valence-electron chi connectivity index (χ2n) is 11.0. The number of hydrogen-bond acceptors (Lipinski definition) is 2. The largest absolute Gasteiger partial charge is 0.454 e. The van der Waals surface area contributed by atoms with Gasteiger partial charge in [0.1, 0.15) is 5.58 Å². The van der Waals surface area contributed by atoms with E-state index in [1.54, 1.807) is 0 Å². The molecule has 0 bridgehead atoms. The number of benzene rings is 7. The highest BCUT2D eigenvalue weighted by molar-refractivity contribution is 6.10. The van der Waals surface area contributed by atoms with Crippen LogP contribution in [-0.4, -0.2) is 0 Å². The standard InChI is InChI=1S/C42H29NO/c1-4-13-30(14-5-1)33-27-34(31-15-6-2-7-16-31)29-35(28-33)32-23-25-37(26-24-32)43(36-17-8-3-9-18-36)40-21-12-20-39-38-19-10-11-22-41(38)44-42(39)40/h1-29H. The highest BCUT2D eigenvalue weighted by Gasteiger charge is 2.19. The Balaban J connectivity index is 1.25. The van der Waals surface area contributed by atoms with Crippen molar-refractivity contribution >= 4 is 39.0 Å². The molecule has 0 fully saturated rings. The fourth-order valence-corrected chi connectivity index (χ4v) is 6.10. The summed E-state index contributed by atoms with van der Waals surface area (Å²) in [6, 6.07) is 62.1. The van der Waals surface area contributed by atoms with E-state index < -0.39 is 0 Å². The molecule has 2 nitrogen and oxygen atoms in total. The maximum atomic E-state index is 6.47. The molecular weight excluding hydrogens is 534 g/mol. The Hall–Kier alpha value is -5.86. The summed E-state index contributed by atoms with van der Waals surface area (Å²) in [6.07, 6.45) is 0. The van der Waals surface area contributed by atoms with Crippen LogP contribution in [0.1, 0.15) is 0 Å². The van der Waals surface area contributed by atoms with Gasteiger partial charge in [-0.15, -0.1) is 0 Å². The Kier molecular flexibility index (Phi) is 6.51. The van der Waals surface area contributed by atoms with Crippen molar-refractivity contribution in [2.45, 2.75) is 0 Å². The molecule has 7 aromatic carbocycles. The summed E-state index contributed by atoms with van der Waals surface area (Å²) in [5, 5.41) is 2.24. The Labute approximate surface area is 257 Å². The fourth-order valence-electron chi connectivity index (χ4n) is 6.10. The summed E-state index contributed by atoms with van der Waals surface area (Å²) in [7, 11) is 0. The molecule has 8 aromatic rings. The first-order valence-electron chi connectivity index (χ1n) is 14.9. The van der Waals surface area contributed by atoms with Crippen LogP contribution < -0.4 is 4.90 Å². The van der Waals surface area contributed by atoms with E-state index in [1.165, 1.54) is 33.4 Å². The maximum absolute atomic E-state index is 6.47. The summed E-state index contributed by atoms with van der Waals surface area (Å²) >= 11 is 0. The molecule has 0 N–H and O–H groups in total. The number of para-hydroxylation sites is 3. The molecule has 2 heteroatoms. The van der Waals surface area contributed by atoms with Crippen LogP contribution in [-0.2, 0) is 0 Å². The third-order valence-electron chi connectivity index (χ3n) is 8.24. The Morgan fingerprint density at radius 1 is 0.341 bits per heavy atom. The van der Waals surface area contributed by atoms with E-state index in [2.05, 4.69) is 169 Å². The van der Waals surface area contributed by atoms with Gasteiger partial charge in [0.05, 0.1) is 5.69 Å². The lowest BCUT2D eigenvalue weighted by Crippen LogP contribution is -2.10. The molecule has 1 aromatic heterocycles. The SMILES string of the molecule is c1ccc(-c2cc(-c3ccccc3)cc(-c3ccc(N(c4ccccc4)c4cccc5c4oc4ccccc45)cc3)c2)cc1. The molecule has 0 aliphatic carbocycles. The molecule has 1 heterocycles. The van der Waals surface area contributed by atoms with Gasteiger partial charge >= 0.3 is 0 Å². The number of rotatable bonds is 6. The number of anilines is 3. The average molecular weight is 564 g/mol. The van der Waals surface area contributed by atoms with Crippen LogP contribution in [0.5, 0.6) is 0 Å². The molecule has 0 saturated heterocycles. The summed E-state index contributed by atoms with van der Waals surface area (Å²) in [5.41, 5.74) is 12.1. The molecule has 208 valence electrons. The van der Waals surface area contributed by atoms with Gasteiger partial charge in [-0.2, -0.15) is 0 Å². The minimum Gasteiger partial charge on any atom is -0.454 e. The summed E-state index contributed by atoms with van der Waals surface area (Å²) in [6.45, 7) is 0. The topological polar surface area (TPSA) is 16.4 Å². The van der Waals surface area contributed by atoms with Gasteiger partial charge in [-0.3, -0.25) is 0 Å². The Bertz CT molecular complexity index is 2140. The van der Waals surface area contributed by atoms with Crippen LogP contribution in [0.3, 0.4) is 0 Å². The predicted molar refractivity (Wildman–Crippen MR) is 185 cm³/mol. The molecular formula is C42H29NO. The first-order chi connectivity index (χ1) is 21.8. The quantitative estimate of drug-likeness (QED) is 0.200. The average Bonchev–Trinajstić information content (AvgIpc) is 3.49. The molecule has 0 radical (unpaired) electrons. The molecule has 0 saturated carbocycles. The minimum absolute atomic E-state index is 0.879. The van der Waals surface area contributed by atoms with Gasteiger partial charge in [-0.1, -0.05) is 121 Å². The van der Waals surface area contributed by atoms with Crippen molar-refractivity contribution in [3.05, 3.63) is 176 Å². The second-order valence-corrected chi connectivity index (χ2v) is 11.0. The van der Waals surface area contributed by atoms with Crippen molar-refractivity contribution < 1.29 is 4.42 Å². The summed E-state index contributed by atoms with van der Waals surface area (Å²) < 4.78 is 6.47. The zero-order valence-electron chi connectivity index (χ0n) is 24.1. The smallest absolute Gasteiger partial charge is 0.159 e. The lowest BCUT2D eigenvalue weighted by atomic mass is 9.93. The number of furan rings is 1. The molecule has 44 heavy (non-hydrogen) atoms. The molecule has 0 spiro atoms. The first kappa shape index (κ1) is 25.8. The lowest BCUT2D eigenvalue weighted by Gasteiger charge is -2.25. The molecule has 0 aliphatic heterocycles. The van der Waals surface area contributed by atoms with Crippen molar-refractivity contribution in [1.82, 2.24) is 0 Å². The van der Waals surface area contributed by atoms with Gasteiger partial charge < -0.3 is 9.32 Å². The van der Waals surface area contributed by atoms with E-state index in [1.807, 2.05) is 12.1 Å². The number of hydrogen-bond donors (Lipinski definition) is 0. The minimum atomic E-state index is 0.879. The highest BCUT2D eigenvalue weighted by atomic mass is 16.3. The van der Waals surface area contributed by atoms with Crippen molar-refractivity contribution in [2.75, 3.05) is 4.90 Å². The predicted octanol–water partition coefficient (Wildman–Crippen LogP) is 12.1. The van der Waals surface area contributed by atoms with Crippen molar-refractivity contribution in [3.63, 3.8) is 0 Å². The first-order valence-corrected chi connectivity index (χ1v) is 14.9. The Morgan fingerprint density at radius 3 is 1.43 bits per heavy atom. The maximum Gasteiger partial charge on any atom is 0.159 e. The monoisotopic (exact) mass is 563 g/mol. The fraction of sp³-hybridized carbons (Fsp3) is 0. The zero-order valence-corrected chi connectivity index (χ0v) is 24.1. The normalized spacial score (nSPS) is 11.2. The van der Waals surface area contributed by atoms with Gasteiger partial charge in [-0.05, 0) is 88.0 Å². The van der Waals surface area contributed by atoms with E-state index in [-0.39, 0.29) is 0 Å². The van der Waals surface area contributed by atoms with Gasteiger partial charge in [-0.25, -0.2) is 0 Å². The molecule has 0 atom stereocenters. The van der Waals surface area contributed by atoms with E-state index in [0.29, 0.717) is 0 Å².